The van der Waals surface area contributed by atoms with Gasteiger partial charge in [-0.1, -0.05) is 34.6 Å². The van der Waals surface area contributed by atoms with Crippen LogP contribution in [0.5, 0.6) is 0 Å². The van der Waals surface area contributed by atoms with Gasteiger partial charge in [-0.25, -0.2) is 14.1 Å². The maximum absolute atomic E-state index is 5.46. The zero-order valence-electron chi connectivity index (χ0n) is 23.8. The van der Waals surface area contributed by atoms with Crippen LogP contribution in [0.2, 0.25) is 0 Å². The second kappa shape index (κ2) is 9.82. The molecule has 0 fully saturated rings. The van der Waals surface area contributed by atoms with Gasteiger partial charge in [-0.15, -0.1) is 24.3 Å². The summed E-state index contributed by atoms with van der Waals surface area (Å²) < 4.78 is 8.77. The summed E-state index contributed by atoms with van der Waals surface area (Å²) in [7, 11) is 2.06. The van der Waals surface area contributed by atoms with Crippen molar-refractivity contribution in [2.24, 2.45) is 7.05 Å². The topological polar surface area (TPSA) is 31.6 Å². The van der Waals surface area contributed by atoms with Crippen LogP contribution in [0, 0.1) is 32.9 Å². The molecule has 0 atom stereocenters. The largest absolute Gasteiger partial charge is 2.00 e. The molecule has 8 aromatic rings. The monoisotopic (exact) mass is 725 g/mol. The van der Waals surface area contributed by atoms with Crippen LogP contribution < -0.4 is 4.57 Å². The molecule has 0 bridgehead atoms. The fourth-order valence-corrected chi connectivity index (χ4v) is 6.11. The molecular formula is C36H28N5Pt+. The van der Waals surface area contributed by atoms with E-state index in [2.05, 4.69) is 143 Å². The van der Waals surface area contributed by atoms with Crippen molar-refractivity contribution in [2.45, 2.75) is 20.8 Å². The third kappa shape index (κ3) is 3.88. The van der Waals surface area contributed by atoms with E-state index in [1.165, 1.54) is 21.9 Å². The minimum absolute atomic E-state index is 0. The van der Waals surface area contributed by atoms with Crippen LogP contribution in [-0.4, -0.2) is 18.7 Å². The Morgan fingerprint density at radius 2 is 1.29 bits per heavy atom. The zero-order valence-corrected chi connectivity index (χ0v) is 26.1. The molecule has 0 saturated heterocycles. The van der Waals surface area contributed by atoms with Crippen molar-refractivity contribution < 1.29 is 25.6 Å². The fraction of sp³-hybridized carbons (Fsp3) is 0.111. The number of fused-ring (bicyclic) bond motifs is 6. The van der Waals surface area contributed by atoms with Gasteiger partial charge in [-0.2, -0.15) is 30.3 Å². The maximum Gasteiger partial charge on any atom is 2.00 e. The zero-order chi connectivity index (χ0) is 27.8. The molecule has 5 nitrogen and oxygen atoms in total. The molecule has 4 aromatic carbocycles. The van der Waals surface area contributed by atoms with Gasteiger partial charge in [0, 0.05) is 34.2 Å². The predicted molar refractivity (Wildman–Crippen MR) is 165 cm³/mol. The summed E-state index contributed by atoms with van der Waals surface area (Å²) in [5, 5.41) is 4.67. The summed E-state index contributed by atoms with van der Waals surface area (Å²) in [6, 6.07) is 37.2. The summed E-state index contributed by atoms with van der Waals surface area (Å²) in [6.07, 6.45) is 4.15. The van der Waals surface area contributed by atoms with Crippen molar-refractivity contribution >= 4 is 43.9 Å². The number of hydrogen-bond acceptors (Lipinski definition) is 1. The molecule has 0 aliphatic carbocycles. The summed E-state index contributed by atoms with van der Waals surface area (Å²) >= 11 is 0. The van der Waals surface area contributed by atoms with Crippen molar-refractivity contribution in [3.05, 3.63) is 126 Å². The van der Waals surface area contributed by atoms with E-state index in [9.17, 15) is 0 Å². The van der Waals surface area contributed by atoms with Gasteiger partial charge >= 0.3 is 21.1 Å². The van der Waals surface area contributed by atoms with Crippen molar-refractivity contribution in [1.29, 1.82) is 0 Å². The third-order valence-electron chi connectivity index (χ3n) is 8.27. The number of benzene rings is 4. The van der Waals surface area contributed by atoms with Crippen LogP contribution in [-0.2, 0) is 28.1 Å². The smallest absolute Gasteiger partial charge is 0.318 e. The first-order chi connectivity index (χ1) is 20.0. The van der Waals surface area contributed by atoms with E-state index in [1.807, 2.05) is 12.1 Å². The van der Waals surface area contributed by atoms with Crippen LogP contribution >= 0.6 is 0 Å². The summed E-state index contributed by atoms with van der Waals surface area (Å²) in [4.78, 5) is 5.46. The number of nitrogens with zero attached hydrogens (tertiary/aromatic N) is 5. The number of aryl methyl sites for hydroxylation is 3. The summed E-state index contributed by atoms with van der Waals surface area (Å²) in [5.41, 5.74) is 9.46. The molecule has 6 heteroatoms. The molecule has 206 valence electrons. The van der Waals surface area contributed by atoms with Gasteiger partial charge < -0.3 is 9.13 Å². The Kier molecular flexibility index (Phi) is 6.18. The SMILES string of the molecule is Cc1ccc2c(c1)c1cc3c4cc(C)ccc4n(-c4[c-]c(-n5cc[n+](C)c5C)ccc4)c3nc1n2-c1[c-]cccc1.[Pt+2]. The second-order valence-electron chi connectivity index (χ2n) is 10.9. The molecule has 4 aromatic heterocycles. The molecular weight excluding hydrogens is 698 g/mol. The van der Waals surface area contributed by atoms with E-state index in [1.54, 1.807) is 0 Å². The molecule has 42 heavy (non-hydrogen) atoms. The molecule has 0 aliphatic rings. The molecule has 0 N–H and O–H groups in total. The van der Waals surface area contributed by atoms with Crippen LogP contribution in [0.3, 0.4) is 0 Å². The van der Waals surface area contributed by atoms with E-state index < -0.39 is 0 Å². The number of aromatic nitrogens is 5. The number of para-hydroxylation sites is 1. The molecule has 8 rings (SSSR count). The van der Waals surface area contributed by atoms with Crippen LogP contribution in [0.25, 0.3) is 60.9 Å². The number of hydrogen-bond donors (Lipinski definition) is 0. The summed E-state index contributed by atoms with van der Waals surface area (Å²) in [6.45, 7) is 6.41. The normalized spacial score (nSPS) is 11.6. The first-order valence-corrected chi connectivity index (χ1v) is 13.9. The first-order valence-electron chi connectivity index (χ1n) is 13.9. The van der Waals surface area contributed by atoms with Gasteiger partial charge in [0.05, 0.1) is 18.1 Å². The van der Waals surface area contributed by atoms with Gasteiger partial charge in [0.25, 0.3) is 5.82 Å². The van der Waals surface area contributed by atoms with Gasteiger partial charge in [-0.3, -0.25) is 0 Å². The molecule has 0 radical (unpaired) electrons. The average molecular weight is 726 g/mol. The van der Waals surface area contributed by atoms with Crippen LogP contribution in [0.1, 0.15) is 17.0 Å². The average Bonchev–Trinajstić information content (AvgIpc) is 3.60. The predicted octanol–water partition coefficient (Wildman–Crippen LogP) is 7.41. The minimum atomic E-state index is 0. The standard InChI is InChI=1S/C36H28N5.Pt/c1-23-13-15-33-29(19-23)31-22-32-30-20-24(2)14-16-34(30)41(36(32)37-35(31)40(33)26-9-6-5-7-10-26)28-12-8-11-27(21-28)39-18-17-38(4)25(39)3;/h5-9,11-20,22H,1-4H3;/q-1;+2. The van der Waals surface area contributed by atoms with Gasteiger partial charge in [0.2, 0.25) is 0 Å². The van der Waals surface area contributed by atoms with E-state index >= 15 is 0 Å². The minimum Gasteiger partial charge on any atom is -0.318 e. The Hall–Kier alpha value is -4.47. The molecule has 0 aliphatic heterocycles. The summed E-state index contributed by atoms with van der Waals surface area (Å²) in [5.74, 6) is 1.13. The Bertz CT molecular complexity index is 2300. The van der Waals surface area contributed by atoms with Crippen molar-refractivity contribution in [3.63, 3.8) is 0 Å². The molecule has 4 heterocycles. The van der Waals surface area contributed by atoms with Gasteiger partial charge in [0.1, 0.15) is 23.7 Å². The second-order valence-corrected chi connectivity index (χ2v) is 10.9. The van der Waals surface area contributed by atoms with E-state index in [0.29, 0.717) is 0 Å². The van der Waals surface area contributed by atoms with Gasteiger partial charge in [0.15, 0.2) is 0 Å². The molecule has 0 saturated carbocycles. The quantitative estimate of drug-likeness (QED) is 0.138. The Morgan fingerprint density at radius 3 is 1.88 bits per heavy atom. The number of imidazole rings is 1. The van der Waals surface area contributed by atoms with Gasteiger partial charge in [-0.05, 0) is 44.2 Å². The molecule has 0 amide bonds. The molecule has 0 spiro atoms. The Balaban J connectivity index is 0.00000288. The van der Waals surface area contributed by atoms with E-state index in [-0.39, 0.29) is 21.1 Å². The number of pyridine rings is 1. The third-order valence-corrected chi connectivity index (χ3v) is 8.27. The van der Waals surface area contributed by atoms with Crippen molar-refractivity contribution in [2.75, 3.05) is 0 Å². The Labute approximate surface area is 258 Å². The van der Waals surface area contributed by atoms with Crippen LogP contribution in [0.15, 0.2) is 97.3 Å². The first kappa shape index (κ1) is 26.4. The van der Waals surface area contributed by atoms with E-state index in [4.69, 9.17) is 4.98 Å². The fourth-order valence-electron chi connectivity index (χ4n) is 6.11. The molecule has 0 unspecified atom stereocenters. The number of rotatable bonds is 3. The Morgan fingerprint density at radius 1 is 0.667 bits per heavy atom. The van der Waals surface area contributed by atoms with Crippen molar-refractivity contribution in [3.8, 4) is 17.1 Å². The van der Waals surface area contributed by atoms with Crippen LogP contribution in [0.4, 0.5) is 0 Å². The van der Waals surface area contributed by atoms with Crippen molar-refractivity contribution in [1.82, 2.24) is 18.7 Å². The van der Waals surface area contributed by atoms with E-state index in [0.717, 1.165) is 56.0 Å². The maximum atomic E-state index is 5.46.